The summed E-state index contributed by atoms with van der Waals surface area (Å²) in [5, 5.41) is 10.8. The fraction of sp³-hybridized carbons (Fsp3) is 0.385. The molecule has 2 N–H and O–H groups in total. The molecule has 0 heterocycles. The number of rotatable bonds is 2. The number of hydrogen-bond donors (Lipinski definition) is 2. The lowest BCUT2D eigenvalue weighted by Crippen LogP contribution is -1.93. The molecule has 0 saturated heterocycles. The van der Waals surface area contributed by atoms with Gasteiger partial charge in [-0.25, -0.2) is 20.4 Å². The van der Waals surface area contributed by atoms with Gasteiger partial charge in [0.1, 0.15) is 0 Å². The monoisotopic (exact) mass is 234 g/mol. The molecule has 0 aliphatic rings. The fourth-order valence-electron chi connectivity index (χ4n) is 1.60. The van der Waals surface area contributed by atoms with Crippen LogP contribution in [-0.4, -0.2) is 12.2 Å². The van der Waals surface area contributed by atoms with Crippen molar-refractivity contribution in [3.8, 4) is 0 Å². The molecule has 4 nitrogen and oxygen atoms in total. The Balaban J connectivity index is 0. The molecule has 0 bridgehead atoms. The van der Waals surface area contributed by atoms with Gasteiger partial charge in [-0.3, -0.25) is 0 Å². The SMILES string of the molecule is CCc1cccc(C)c1CC.N=C=O.N=C=O. The molecular weight excluding hydrogens is 216 g/mol. The standard InChI is InChI=1S/C11H16.2CHNO/c1-4-10-8-6-7-9(3)11(10)5-2;2*2-1-3/h6-8H,4-5H2,1-3H3;2*2H. The summed E-state index contributed by atoms with van der Waals surface area (Å²) in [5.41, 5.74) is 4.48. The van der Waals surface area contributed by atoms with Gasteiger partial charge >= 0.3 is 0 Å². The van der Waals surface area contributed by atoms with Crippen molar-refractivity contribution in [3.63, 3.8) is 0 Å². The number of nitrogens with one attached hydrogen (secondary N) is 2. The Morgan fingerprint density at radius 3 is 1.82 bits per heavy atom. The van der Waals surface area contributed by atoms with Crippen LogP contribution in [0.4, 0.5) is 0 Å². The molecule has 92 valence electrons. The van der Waals surface area contributed by atoms with Gasteiger partial charge in [-0.1, -0.05) is 32.0 Å². The van der Waals surface area contributed by atoms with Crippen LogP contribution in [0.15, 0.2) is 18.2 Å². The minimum Gasteiger partial charge on any atom is -0.222 e. The van der Waals surface area contributed by atoms with Gasteiger partial charge in [-0.2, -0.15) is 0 Å². The van der Waals surface area contributed by atoms with E-state index < -0.39 is 0 Å². The minimum atomic E-state index is 0.750. The molecule has 0 atom stereocenters. The Bertz CT molecular complexity index is 376. The first-order valence-electron chi connectivity index (χ1n) is 5.27. The van der Waals surface area contributed by atoms with Crippen molar-refractivity contribution in [2.24, 2.45) is 0 Å². The molecule has 0 aliphatic carbocycles. The van der Waals surface area contributed by atoms with Gasteiger partial charge in [-0.05, 0) is 36.5 Å². The van der Waals surface area contributed by atoms with Crippen LogP contribution in [0.5, 0.6) is 0 Å². The quantitative estimate of drug-likeness (QED) is 0.609. The van der Waals surface area contributed by atoms with E-state index in [-0.39, 0.29) is 0 Å². The van der Waals surface area contributed by atoms with Gasteiger partial charge in [-0.15, -0.1) is 0 Å². The van der Waals surface area contributed by atoms with E-state index in [1.807, 2.05) is 0 Å². The van der Waals surface area contributed by atoms with Crippen molar-refractivity contribution in [1.29, 1.82) is 10.8 Å². The molecule has 0 unspecified atom stereocenters. The highest BCUT2D eigenvalue weighted by molar-refractivity contribution is 5.34. The maximum absolute atomic E-state index is 8.35. The summed E-state index contributed by atoms with van der Waals surface area (Å²) in [5.74, 6) is 0. The predicted molar refractivity (Wildman–Crippen MR) is 66.8 cm³/mol. The fourth-order valence-corrected chi connectivity index (χ4v) is 1.60. The Kier molecular flexibility index (Phi) is 12.3. The van der Waals surface area contributed by atoms with Crippen LogP contribution in [0.1, 0.15) is 30.5 Å². The summed E-state index contributed by atoms with van der Waals surface area (Å²) in [7, 11) is 0. The number of benzene rings is 1. The molecule has 0 aliphatic heterocycles. The molecule has 1 aromatic carbocycles. The minimum absolute atomic E-state index is 0.750. The number of isocyanates is 2. The van der Waals surface area contributed by atoms with Gasteiger partial charge in [0.2, 0.25) is 12.2 Å². The van der Waals surface area contributed by atoms with E-state index in [9.17, 15) is 0 Å². The molecule has 4 heteroatoms. The summed E-state index contributed by atoms with van der Waals surface area (Å²) in [6, 6.07) is 6.57. The zero-order valence-electron chi connectivity index (χ0n) is 10.5. The Hall–Kier alpha value is -2.02. The van der Waals surface area contributed by atoms with Crippen molar-refractivity contribution >= 4 is 12.2 Å². The predicted octanol–water partition coefficient (Wildman–Crippen LogP) is 2.92. The summed E-state index contributed by atoms with van der Waals surface area (Å²) in [6.45, 7) is 6.63. The first-order chi connectivity index (χ1) is 8.12. The molecule has 1 rings (SSSR count). The van der Waals surface area contributed by atoms with Gasteiger partial charge in [0.15, 0.2) is 0 Å². The van der Waals surface area contributed by atoms with E-state index >= 15 is 0 Å². The van der Waals surface area contributed by atoms with Gasteiger partial charge in [0, 0.05) is 0 Å². The van der Waals surface area contributed by atoms with Gasteiger partial charge < -0.3 is 0 Å². The van der Waals surface area contributed by atoms with Crippen molar-refractivity contribution in [2.45, 2.75) is 33.6 Å². The summed E-state index contributed by atoms with van der Waals surface area (Å²) in [6.07, 6.45) is 3.82. The average molecular weight is 234 g/mol. The largest absolute Gasteiger partial charge is 0.231 e. The maximum atomic E-state index is 8.35. The van der Waals surface area contributed by atoms with Crippen molar-refractivity contribution in [2.75, 3.05) is 0 Å². The highest BCUT2D eigenvalue weighted by Gasteiger charge is 1.99. The molecule has 0 aromatic heterocycles. The zero-order chi connectivity index (χ0) is 13.7. The molecule has 0 spiro atoms. The van der Waals surface area contributed by atoms with Crippen LogP contribution in [-0.2, 0) is 22.4 Å². The van der Waals surface area contributed by atoms with Crippen LogP contribution in [0.3, 0.4) is 0 Å². The second-order valence-corrected chi connectivity index (χ2v) is 3.12. The van der Waals surface area contributed by atoms with E-state index in [1.165, 1.54) is 16.7 Å². The third-order valence-corrected chi connectivity index (χ3v) is 2.24. The maximum Gasteiger partial charge on any atom is 0.231 e. The Morgan fingerprint density at radius 2 is 1.53 bits per heavy atom. The Morgan fingerprint density at radius 1 is 1.06 bits per heavy atom. The van der Waals surface area contributed by atoms with Crippen LogP contribution >= 0.6 is 0 Å². The number of hydrogen-bond acceptors (Lipinski definition) is 4. The van der Waals surface area contributed by atoms with Gasteiger partial charge in [0.25, 0.3) is 0 Å². The lowest BCUT2D eigenvalue weighted by atomic mass is 9.98. The average Bonchev–Trinajstić information content (AvgIpc) is 2.30. The third kappa shape index (κ3) is 7.86. The first-order valence-corrected chi connectivity index (χ1v) is 5.27. The van der Waals surface area contributed by atoms with Crippen molar-refractivity contribution in [3.05, 3.63) is 34.9 Å². The lowest BCUT2D eigenvalue weighted by Gasteiger charge is -2.07. The molecule has 0 amide bonds. The van der Waals surface area contributed by atoms with Gasteiger partial charge in [0.05, 0.1) is 0 Å². The van der Waals surface area contributed by atoms with Crippen molar-refractivity contribution < 1.29 is 9.59 Å². The molecular formula is C13H18N2O2. The highest BCUT2D eigenvalue weighted by atomic mass is 16.1. The topological polar surface area (TPSA) is 81.8 Å². The highest BCUT2D eigenvalue weighted by Crippen LogP contribution is 2.14. The zero-order valence-corrected chi connectivity index (χ0v) is 10.5. The molecule has 0 fully saturated rings. The van der Waals surface area contributed by atoms with Crippen LogP contribution in [0.2, 0.25) is 0 Å². The van der Waals surface area contributed by atoms with Crippen LogP contribution in [0.25, 0.3) is 0 Å². The molecule has 17 heavy (non-hydrogen) atoms. The first kappa shape index (κ1) is 17.4. The smallest absolute Gasteiger partial charge is 0.222 e. The summed E-state index contributed by atoms with van der Waals surface area (Å²) in [4.78, 5) is 16.7. The van der Waals surface area contributed by atoms with Crippen LogP contribution in [0, 0.1) is 17.7 Å². The number of carbonyl (C=O) groups excluding carboxylic acids is 2. The van der Waals surface area contributed by atoms with E-state index in [2.05, 4.69) is 39.0 Å². The third-order valence-electron chi connectivity index (χ3n) is 2.24. The summed E-state index contributed by atoms with van der Waals surface area (Å²) >= 11 is 0. The van der Waals surface area contributed by atoms with Crippen molar-refractivity contribution in [1.82, 2.24) is 0 Å². The van der Waals surface area contributed by atoms with Crippen LogP contribution < -0.4 is 0 Å². The molecule has 1 aromatic rings. The second-order valence-electron chi connectivity index (χ2n) is 3.12. The van der Waals surface area contributed by atoms with E-state index in [0.717, 1.165) is 25.0 Å². The number of aryl methyl sites for hydroxylation is 2. The summed E-state index contributed by atoms with van der Waals surface area (Å²) < 4.78 is 0. The van der Waals surface area contributed by atoms with E-state index in [1.54, 1.807) is 0 Å². The molecule has 0 saturated carbocycles. The molecule has 0 radical (unpaired) electrons. The normalized spacial score (nSPS) is 7.47. The van der Waals surface area contributed by atoms with E-state index in [4.69, 9.17) is 20.4 Å². The van der Waals surface area contributed by atoms with E-state index in [0.29, 0.717) is 0 Å². The second kappa shape index (κ2) is 12.1. The lowest BCUT2D eigenvalue weighted by molar-refractivity contribution is 0.562. The Labute approximate surface area is 102 Å².